The molecular weight excluding hydrogens is 896 g/mol. The van der Waals surface area contributed by atoms with Crippen LogP contribution in [0.3, 0.4) is 0 Å². The Morgan fingerprint density at radius 2 is 0.323 bits per heavy atom. The molecule has 0 aliphatic rings. The fourth-order valence-electron chi connectivity index (χ4n) is 3.93. The van der Waals surface area contributed by atoms with E-state index in [4.69, 9.17) is 61.3 Å². The van der Waals surface area contributed by atoms with Crippen molar-refractivity contribution >= 4 is 35.8 Å². The first-order chi connectivity index (χ1) is 28.3. The summed E-state index contributed by atoms with van der Waals surface area (Å²) >= 11 is 0. The predicted molar refractivity (Wildman–Crippen MR) is 210 cm³/mol. The fraction of sp³-hybridized carbons (Fsp3) is 0. The Bertz CT molecular complexity index is 1970. The number of benzene rings is 6. The number of para-hydroxylation sites is 6. The summed E-state index contributed by atoms with van der Waals surface area (Å²) in [6, 6.07) is 34.9. The smallest absolute Gasteiger partial charge is 0.339 e. The first-order valence-corrected chi connectivity index (χ1v) is 16.4. The van der Waals surface area contributed by atoms with E-state index in [0.29, 0.717) is 0 Å². The number of carboxylic acid groups (broad SMARTS) is 6. The van der Waals surface area contributed by atoms with E-state index in [-0.39, 0.29) is 103 Å². The molecule has 0 spiro atoms. The van der Waals surface area contributed by atoms with Crippen LogP contribution in [0.25, 0.3) is 0 Å². The molecule has 18 nitrogen and oxygen atoms in total. The van der Waals surface area contributed by atoms with Crippen LogP contribution in [-0.4, -0.2) is 97.1 Å². The summed E-state index contributed by atoms with van der Waals surface area (Å²) < 4.78 is 0. The zero-order chi connectivity index (χ0) is 45.4. The topological polar surface area (TPSA) is 345 Å². The Morgan fingerprint density at radius 1 is 0.226 bits per heavy atom. The maximum absolute atomic E-state index is 10.3. The van der Waals surface area contributed by atoms with Crippen molar-refractivity contribution < 1.29 is 125 Å². The molecule has 6 aromatic carbocycles. The largest absolute Gasteiger partial charge is 0.507 e. The van der Waals surface area contributed by atoms with Gasteiger partial charge in [-0.3, -0.25) is 0 Å². The van der Waals surface area contributed by atoms with E-state index in [1.54, 1.807) is 72.8 Å². The fourth-order valence-corrected chi connectivity index (χ4v) is 3.93. The van der Waals surface area contributed by atoms with Gasteiger partial charge in [0, 0.05) is 34.7 Å². The molecule has 0 saturated carbocycles. The quantitative estimate of drug-likeness (QED) is 0.0843. The third-order valence-corrected chi connectivity index (χ3v) is 6.81. The number of carbonyl (C=O) groups is 6. The number of hydrogen-bond donors (Lipinski definition) is 12. The van der Waals surface area contributed by atoms with Crippen molar-refractivity contribution in [2.24, 2.45) is 0 Å². The van der Waals surface area contributed by atoms with E-state index in [9.17, 15) is 28.8 Å². The third kappa shape index (κ3) is 20.1. The summed E-state index contributed by atoms with van der Waals surface area (Å²) in [5.74, 6) is -7.87. The van der Waals surface area contributed by atoms with Gasteiger partial charge in [0.2, 0.25) is 0 Å². The second kappa shape index (κ2) is 29.3. The van der Waals surface area contributed by atoms with Crippen molar-refractivity contribution in [2.75, 3.05) is 0 Å². The van der Waals surface area contributed by atoms with Crippen LogP contribution in [0, 0.1) is 0 Å². The molecule has 12 N–H and O–H groups in total. The number of carboxylic acids is 6. The minimum Gasteiger partial charge on any atom is -0.507 e. The molecule has 0 heterocycles. The van der Waals surface area contributed by atoms with Gasteiger partial charge in [0.25, 0.3) is 0 Å². The van der Waals surface area contributed by atoms with Gasteiger partial charge >= 0.3 is 35.8 Å². The SMILES string of the molecule is O=C(O)c1ccccc1O.O=C(O)c1ccccc1O.O=C(O)c1ccccc1O.O=C(O)c1ccccc1O.O=C(O)c1ccccc1O.O=C(O)c1ccccc1O.[Cr].[Cr]. The molecule has 0 fully saturated rings. The molecule has 0 saturated heterocycles. The van der Waals surface area contributed by atoms with Crippen molar-refractivity contribution in [3.8, 4) is 34.5 Å². The molecule has 6 aromatic rings. The van der Waals surface area contributed by atoms with Gasteiger partial charge in [-0.05, 0) is 72.8 Å². The van der Waals surface area contributed by atoms with Crippen molar-refractivity contribution in [2.45, 2.75) is 0 Å². The van der Waals surface area contributed by atoms with Crippen molar-refractivity contribution in [1.82, 2.24) is 0 Å². The molecule has 0 amide bonds. The number of aromatic carboxylic acids is 6. The van der Waals surface area contributed by atoms with Crippen LogP contribution in [0.1, 0.15) is 62.1 Å². The van der Waals surface area contributed by atoms with Crippen LogP contribution in [-0.2, 0) is 34.7 Å². The predicted octanol–water partition coefficient (Wildman–Crippen LogP) is 6.54. The van der Waals surface area contributed by atoms with Crippen LogP contribution in [0.5, 0.6) is 34.5 Å². The van der Waals surface area contributed by atoms with Gasteiger partial charge < -0.3 is 61.3 Å². The Balaban J connectivity index is 0. The zero-order valence-corrected chi connectivity index (χ0v) is 34.0. The molecule has 0 bridgehead atoms. The number of aromatic hydroxyl groups is 6. The molecular formula is C42H36Cr2O18. The number of rotatable bonds is 6. The van der Waals surface area contributed by atoms with Gasteiger partial charge in [-0.15, -0.1) is 0 Å². The normalized spacial score (nSPS) is 8.90. The minimum atomic E-state index is -1.11. The first kappa shape index (κ1) is 56.1. The summed E-state index contributed by atoms with van der Waals surface area (Å²) in [5.41, 5.74) is -0.403. The Labute approximate surface area is 372 Å². The van der Waals surface area contributed by atoms with E-state index in [1.165, 1.54) is 72.8 Å². The van der Waals surface area contributed by atoms with Crippen LogP contribution < -0.4 is 0 Å². The van der Waals surface area contributed by atoms with E-state index in [2.05, 4.69) is 0 Å². The Kier molecular flexibility index (Phi) is 26.5. The van der Waals surface area contributed by atoms with Crippen LogP contribution in [0.2, 0.25) is 0 Å². The molecule has 0 aromatic heterocycles. The molecule has 0 aliphatic heterocycles. The van der Waals surface area contributed by atoms with Gasteiger partial charge in [-0.1, -0.05) is 72.8 Å². The average Bonchev–Trinajstić information content (AvgIpc) is 3.19. The number of phenols is 6. The standard InChI is InChI=1S/6C7H6O3.2Cr/c6*8-6-4-2-1-3-5(6)7(9)10;;/h6*1-4,8H,(H,9,10);;. The molecule has 0 aliphatic carbocycles. The first-order valence-electron chi connectivity index (χ1n) is 16.4. The molecule has 0 unspecified atom stereocenters. The monoisotopic (exact) mass is 932 g/mol. The molecule has 0 atom stereocenters. The van der Waals surface area contributed by atoms with Crippen LogP contribution in [0.15, 0.2) is 146 Å². The minimum absolute atomic E-state index is 0. The summed E-state index contributed by atoms with van der Waals surface area (Å²) in [5, 5.41) is 104. The van der Waals surface area contributed by atoms with E-state index < -0.39 is 35.8 Å². The van der Waals surface area contributed by atoms with E-state index >= 15 is 0 Å². The molecule has 20 heteroatoms. The number of hydrogen-bond acceptors (Lipinski definition) is 12. The van der Waals surface area contributed by atoms with Crippen molar-refractivity contribution in [1.29, 1.82) is 0 Å². The second-order valence-corrected chi connectivity index (χ2v) is 10.9. The summed E-state index contributed by atoms with van der Waals surface area (Å²) in [6.45, 7) is 0. The molecule has 6 rings (SSSR count). The average molecular weight is 933 g/mol. The molecule has 324 valence electrons. The van der Waals surface area contributed by atoms with Gasteiger partial charge in [0.1, 0.15) is 67.9 Å². The Morgan fingerprint density at radius 3 is 0.387 bits per heavy atom. The van der Waals surface area contributed by atoms with Crippen LogP contribution in [0.4, 0.5) is 0 Å². The van der Waals surface area contributed by atoms with Gasteiger partial charge in [-0.2, -0.15) is 0 Å². The molecule has 0 radical (unpaired) electrons. The second-order valence-electron chi connectivity index (χ2n) is 10.9. The summed E-state index contributed by atoms with van der Waals surface area (Å²) in [7, 11) is 0. The van der Waals surface area contributed by atoms with E-state index in [1.807, 2.05) is 0 Å². The van der Waals surface area contributed by atoms with Gasteiger partial charge in [0.05, 0.1) is 0 Å². The van der Waals surface area contributed by atoms with Crippen LogP contribution >= 0.6 is 0 Å². The van der Waals surface area contributed by atoms with Crippen molar-refractivity contribution in [3.63, 3.8) is 0 Å². The summed E-state index contributed by atoms with van der Waals surface area (Å²) in [4.78, 5) is 61.6. The maximum atomic E-state index is 10.3. The van der Waals surface area contributed by atoms with Crippen molar-refractivity contribution in [3.05, 3.63) is 179 Å². The van der Waals surface area contributed by atoms with E-state index in [0.717, 1.165) is 0 Å². The van der Waals surface area contributed by atoms with Gasteiger partial charge in [0.15, 0.2) is 0 Å². The zero-order valence-electron chi connectivity index (χ0n) is 31.5. The Hall–Kier alpha value is -8.00. The maximum Gasteiger partial charge on any atom is 0.339 e. The molecule has 62 heavy (non-hydrogen) atoms. The summed E-state index contributed by atoms with van der Waals surface area (Å²) in [6.07, 6.45) is 0. The third-order valence-electron chi connectivity index (χ3n) is 6.81. The van der Waals surface area contributed by atoms with Gasteiger partial charge in [-0.25, -0.2) is 28.8 Å².